The number of rotatable bonds is 7. The second kappa shape index (κ2) is 7.49. The minimum absolute atomic E-state index is 0.109. The molecule has 3 rings (SSSR count). The van der Waals surface area contributed by atoms with Crippen LogP contribution in [-0.2, 0) is 17.9 Å². The van der Waals surface area contributed by atoms with Crippen LogP contribution >= 0.6 is 0 Å². The predicted molar refractivity (Wildman–Crippen MR) is 88.3 cm³/mol. The van der Waals surface area contributed by atoms with E-state index in [1.807, 2.05) is 10.8 Å². The van der Waals surface area contributed by atoms with Crippen molar-refractivity contribution in [2.75, 3.05) is 6.54 Å². The molecule has 0 unspecified atom stereocenters. The summed E-state index contributed by atoms with van der Waals surface area (Å²) in [6.45, 7) is 1.59. The van der Waals surface area contributed by atoms with Crippen LogP contribution in [0.1, 0.15) is 12.8 Å². The maximum absolute atomic E-state index is 12.3. The molecule has 1 N–H and O–H groups in total. The third-order valence-corrected chi connectivity index (χ3v) is 3.65. The van der Waals surface area contributed by atoms with Crippen LogP contribution in [0.25, 0.3) is 10.9 Å². The molecule has 0 spiro atoms. The highest BCUT2D eigenvalue weighted by atomic mass is 16.2. The lowest BCUT2D eigenvalue weighted by Gasteiger charge is -2.07. The summed E-state index contributed by atoms with van der Waals surface area (Å²) in [5.41, 5.74) is 0.330. The molecule has 0 radical (unpaired) electrons. The van der Waals surface area contributed by atoms with Crippen molar-refractivity contribution in [2.45, 2.75) is 25.9 Å². The van der Waals surface area contributed by atoms with Crippen molar-refractivity contribution in [2.24, 2.45) is 0 Å². The molecule has 0 aliphatic heterocycles. The molecule has 1 aromatic carbocycles. The van der Waals surface area contributed by atoms with Crippen LogP contribution in [0.5, 0.6) is 0 Å². The molecule has 8 nitrogen and oxygen atoms in total. The lowest BCUT2D eigenvalue weighted by Crippen LogP contribution is -2.30. The Balaban J connectivity index is 1.47. The van der Waals surface area contributed by atoms with Gasteiger partial charge in [-0.05, 0) is 18.6 Å². The first-order chi connectivity index (χ1) is 11.7. The molecule has 3 aromatic rings. The van der Waals surface area contributed by atoms with Crippen molar-refractivity contribution in [1.82, 2.24) is 29.9 Å². The summed E-state index contributed by atoms with van der Waals surface area (Å²) in [6, 6.07) is 7.03. The number of nitrogens with one attached hydrogen (secondary N) is 1. The smallest absolute Gasteiger partial charge is 0.277 e. The average Bonchev–Trinajstić information content (AvgIpc) is 3.12. The summed E-state index contributed by atoms with van der Waals surface area (Å²) in [6.07, 6.45) is 6.36. The molecule has 0 fully saturated rings. The van der Waals surface area contributed by atoms with Gasteiger partial charge in [-0.3, -0.25) is 9.59 Å². The molecule has 0 atom stereocenters. The van der Waals surface area contributed by atoms with E-state index in [1.165, 1.54) is 4.68 Å². The number of aryl methyl sites for hydroxylation is 2. The predicted octanol–water partition coefficient (Wildman–Crippen LogP) is 0.585. The number of amides is 1. The minimum Gasteiger partial charge on any atom is -0.356 e. The molecule has 124 valence electrons. The Kier molecular flexibility index (Phi) is 4.95. The maximum Gasteiger partial charge on any atom is 0.277 e. The lowest BCUT2D eigenvalue weighted by atomic mass is 10.2. The van der Waals surface area contributed by atoms with Gasteiger partial charge in [0.15, 0.2) is 0 Å². The number of carbonyl (C=O) groups excluding carboxylic acids is 1. The fraction of sp³-hybridized carbons (Fsp3) is 0.312. The number of benzene rings is 1. The molecule has 0 aliphatic rings. The number of hydrogen-bond donors (Lipinski definition) is 1. The SMILES string of the molecule is O=C(CCn1nnc2ccccc2c1=O)NCCCn1ccnc1. The highest BCUT2D eigenvalue weighted by Crippen LogP contribution is 2.03. The van der Waals surface area contributed by atoms with Gasteiger partial charge in [0.05, 0.1) is 18.3 Å². The van der Waals surface area contributed by atoms with Crippen molar-refractivity contribution >= 4 is 16.8 Å². The Morgan fingerprint density at radius 3 is 2.92 bits per heavy atom. The van der Waals surface area contributed by atoms with Crippen molar-refractivity contribution in [3.05, 3.63) is 53.3 Å². The van der Waals surface area contributed by atoms with Gasteiger partial charge in [-0.25, -0.2) is 9.67 Å². The molecular weight excluding hydrogens is 308 g/mol. The fourth-order valence-electron chi connectivity index (χ4n) is 2.37. The monoisotopic (exact) mass is 326 g/mol. The summed E-state index contributed by atoms with van der Waals surface area (Å²) in [5.74, 6) is -0.109. The van der Waals surface area contributed by atoms with E-state index in [0.717, 1.165) is 13.0 Å². The van der Waals surface area contributed by atoms with Gasteiger partial charge in [0.1, 0.15) is 5.52 Å². The van der Waals surface area contributed by atoms with Crippen LogP contribution in [0.3, 0.4) is 0 Å². The zero-order valence-electron chi connectivity index (χ0n) is 13.1. The first kappa shape index (κ1) is 15.9. The van der Waals surface area contributed by atoms with E-state index in [0.29, 0.717) is 17.4 Å². The third-order valence-electron chi connectivity index (χ3n) is 3.65. The van der Waals surface area contributed by atoms with E-state index in [2.05, 4.69) is 20.6 Å². The van der Waals surface area contributed by atoms with Gasteiger partial charge < -0.3 is 9.88 Å². The Labute approximate surface area is 138 Å². The number of hydrogen-bond acceptors (Lipinski definition) is 5. The van der Waals surface area contributed by atoms with E-state index < -0.39 is 0 Å². The molecule has 0 saturated carbocycles. The number of carbonyl (C=O) groups is 1. The molecule has 2 aromatic heterocycles. The molecule has 0 saturated heterocycles. The van der Waals surface area contributed by atoms with Crippen LogP contribution in [-0.4, -0.2) is 37.0 Å². The normalized spacial score (nSPS) is 10.8. The largest absolute Gasteiger partial charge is 0.356 e. The fourth-order valence-corrected chi connectivity index (χ4v) is 2.37. The van der Waals surface area contributed by atoms with E-state index in [1.54, 1.807) is 36.8 Å². The zero-order valence-corrected chi connectivity index (χ0v) is 13.1. The Hall–Kier alpha value is -3.03. The quantitative estimate of drug-likeness (QED) is 0.641. The summed E-state index contributed by atoms with van der Waals surface area (Å²) in [5, 5.41) is 11.2. The Morgan fingerprint density at radius 2 is 2.08 bits per heavy atom. The summed E-state index contributed by atoms with van der Waals surface area (Å²) < 4.78 is 3.18. The van der Waals surface area contributed by atoms with Gasteiger partial charge in [-0.1, -0.05) is 17.3 Å². The van der Waals surface area contributed by atoms with E-state index in [-0.39, 0.29) is 24.4 Å². The Bertz CT molecular complexity index is 872. The van der Waals surface area contributed by atoms with E-state index >= 15 is 0 Å². The number of imidazole rings is 1. The standard InChI is InChI=1S/C16H18N6O2/c23-15(18-7-3-9-21-11-8-17-12-21)6-10-22-16(24)13-4-1-2-5-14(13)19-20-22/h1-2,4-5,8,11-12H,3,6-7,9-10H2,(H,18,23). The number of aromatic nitrogens is 5. The lowest BCUT2D eigenvalue weighted by molar-refractivity contribution is -0.121. The van der Waals surface area contributed by atoms with Gasteiger partial charge in [0, 0.05) is 31.9 Å². The van der Waals surface area contributed by atoms with Crippen LogP contribution in [0.4, 0.5) is 0 Å². The molecular formula is C16H18N6O2. The third kappa shape index (κ3) is 3.83. The number of fused-ring (bicyclic) bond motifs is 1. The topological polar surface area (TPSA) is 94.7 Å². The first-order valence-corrected chi connectivity index (χ1v) is 7.79. The van der Waals surface area contributed by atoms with Crippen molar-refractivity contribution < 1.29 is 4.79 Å². The van der Waals surface area contributed by atoms with Gasteiger partial charge in [-0.2, -0.15) is 0 Å². The van der Waals surface area contributed by atoms with Gasteiger partial charge >= 0.3 is 0 Å². The van der Waals surface area contributed by atoms with Crippen molar-refractivity contribution in [3.63, 3.8) is 0 Å². The number of nitrogens with zero attached hydrogens (tertiary/aromatic N) is 5. The van der Waals surface area contributed by atoms with Crippen molar-refractivity contribution in [3.8, 4) is 0 Å². The highest BCUT2D eigenvalue weighted by Gasteiger charge is 2.07. The van der Waals surface area contributed by atoms with Gasteiger partial charge in [-0.15, -0.1) is 5.10 Å². The summed E-state index contributed by atoms with van der Waals surface area (Å²) in [7, 11) is 0. The van der Waals surface area contributed by atoms with Crippen molar-refractivity contribution in [1.29, 1.82) is 0 Å². The van der Waals surface area contributed by atoms with Crippen LogP contribution in [0, 0.1) is 0 Å². The van der Waals surface area contributed by atoms with Crippen LogP contribution < -0.4 is 10.9 Å². The van der Waals surface area contributed by atoms with Crippen LogP contribution in [0.2, 0.25) is 0 Å². The highest BCUT2D eigenvalue weighted by molar-refractivity contribution is 5.77. The van der Waals surface area contributed by atoms with E-state index in [9.17, 15) is 9.59 Å². The molecule has 1 amide bonds. The molecule has 0 aliphatic carbocycles. The molecule has 0 bridgehead atoms. The molecule has 8 heteroatoms. The average molecular weight is 326 g/mol. The van der Waals surface area contributed by atoms with Crippen LogP contribution in [0.15, 0.2) is 47.8 Å². The molecule has 2 heterocycles. The summed E-state index contributed by atoms with van der Waals surface area (Å²) >= 11 is 0. The Morgan fingerprint density at radius 1 is 1.21 bits per heavy atom. The minimum atomic E-state index is -0.228. The second-order valence-corrected chi connectivity index (χ2v) is 5.39. The van der Waals surface area contributed by atoms with Gasteiger partial charge in [0.2, 0.25) is 5.91 Å². The van der Waals surface area contributed by atoms with Gasteiger partial charge in [0.25, 0.3) is 5.56 Å². The molecule has 24 heavy (non-hydrogen) atoms. The zero-order chi connectivity index (χ0) is 16.8. The second-order valence-electron chi connectivity index (χ2n) is 5.39. The first-order valence-electron chi connectivity index (χ1n) is 7.79. The van der Waals surface area contributed by atoms with E-state index in [4.69, 9.17) is 0 Å². The maximum atomic E-state index is 12.3. The summed E-state index contributed by atoms with van der Waals surface area (Å²) in [4.78, 5) is 28.1.